The van der Waals surface area contributed by atoms with Gasteiger partial charge in [-0.25, -0.2) is 0 Å². The summed E-state index contributed by atoms with van der Waals surface area (Å²) >= 11 is 0. The van der Waals surface area contributed by atoms with Gasteiger partial charge in [0, 0.05) is 33.3 Å². The van der Waals surface area contributed by atoms with Crippen molar-refractivity contribution in [1.82, 2.24) is 20.4 Å². The largest absolute Gasteiger partial charge is 0.383 e. The molecule has 2 atom stereocenters. The van der Waals surface area contributed by atoms with Gasteiger partial charge in [0.25, 0.3) is 5.91 Å². The normalized spacial score (nSPS) is 27.3. The Morgan fingerprint density at radius 1 is 1.52 bits per heavy atom. The molecule has 25 heavy (non-hydrogen) atoms. The zero-order valence-corrected chi connectivity index (χ0v) is 14.6. The van der Waals surface area contributed by atoms with Crippen molar-refractivity contribution in [3.05, 3.63) is 24.0 Å². The van der Waals surface area contributed by atoms with Crippen LogP contribution in [0.15, 0.2) is 18.5 Å². The topological polar surface area (TPSA) is 85.8 Å². The molecule has 138 valence electrons. The summed E-state index contributed by atoms with van der Waals surface area (Å²) in [5.74, 6) is -0.154. The summed E-state index contributed by atoms with van der Waals surface area (Å²) in [6, 6.07) is 1.64. The number of methoxy groups -OCH3 is 1. The molecule has 0 aromatic carbocycles. The monoisotopic (exact) mass is 350 g/mol. The number of amides is 1. The van der Waals surface area contributed by atoms with Gasteiger partial charge in [-0.3, -0.25) is 9.69 Å². The van der Waals surface area contributed by atoms with E-state index in [0.717, 1.165) is 32.5 Å². The van der Waals surface area contributed by atoms with Crippen LogP contribution in [0, 0.1) is 0 Å². The molecule has 1 spiro atoms. The highest BCUT2D eigenvalue weighted by Crippen LogP contribution is 2.32. The fraction of sp³-hybridized carbons (Fsp3) is 0.706. The number of hydrogen-bond acceptors (Lipinski definition) is 7. The fourth-order valence-corrected chi connectivity index (χ4v) is 3.39. The minimum atomic E-state index is -0.280. The predicted octanol–water partition coefficient (Wildman–Crippen LogP) is 0.103. The Hall–Kier alpha value is -1.61. The SMILES string of the molecule is COCCN1CCOC[C@]2(CC[C@H](CNC(=O)c3ccnnc3)O2)C1. The van der Waals surface area contributed by atoms with Crippen LogP contribution in [0.5, 0.6) is 0 Å². The summed E-state index contributed by atoms with van der Waals surface area (Å²) < 4.78 is 17.3. The number of nitrogens with one attached hydrogen (secondary N) is 1. The van der Waals surface area contributed by atoms with Crippen molar-refractivity contribution in [2.45, 2.75) is 24.5 Å². The number of carbonyl (C=O) groups excluding carboxylic acids is 1. The molecule has 2 aliphatic rings. The van der Waals surface area contributed by atoms with Gasteiger partial charge in [0.15, 0.2) is 0 Å². The summed E-state index contributed by atoms with van der Waals surface area (Å²) in [5, 5.41) is 10.3. The van der Waals surface area contributed by atoms with E-state index in [9.17, 15) is 4.79 Å². The molecule has 0 aliphatic carbocycles. The maximum atomic E-state index is 12.1. The summed E-state index contributed by atoms with van der Waals surface area (Å²) in [6.45, 7) is 5.12. The molecule has 0 saturated carbocycles. The molecule has 1 amide bonds. The number of rotatable bonds is 6. The molecule has 8 heteroatoms. The Morgan fingerprint density at radius 2 is 2.44 bits per heavy atom. The van der Waals surface area contributed by atoms with E-state index < -0.39 is 0 Å². The highest BCUT2D eigenvalue weighted by Gasteiger charge is 2.42. The Kier molecular flexibility index (Phi) is 6.30. The van der Waals surface area contributed by atoms with Crippen LogP contribution in [0.3, 0.4) is 0 Å². The lowest BCUT2D eigenvalue weighted by atomic mass is 10.00. The molecule has 1 aromatic rings. The van der Waals surface area contributed by atoms with Gasteiger partial charge < -0.3 is 19.5 Å². The minimum Gasteiger partial charge on any atom is -0.383 e. The third kappa shape index (κ3) is 4.94. The van der Waals surface area contributed by atoms with Crippen molar-refractivity contribution in [2.24, 2.45) is 0 Å². The predicted molar refractivity (Wildman–Crippen MR) is 90.3 cm³/mol. The van der Waals surface area contributed by atoms with Crippen molar-refractivity contribution >= 4 is 5.91 Å². The van der Waals surface area contributed by atoms with E-state index >= 15 is 0 Å². The van der Waals surface area contributed by atoms with Crippen LogP contribution in [-0.4, -0.2) is 85.8 Å². The average Bonchev–Trinajstić information content (AvgIpc) is 2.93. The molecule has 2 fully saturated rings. The third-order valence-electron chi connectivity index (χ3n) is 4.72. The molecule has 2 aliphatic heterocycles. The van der Waals surface area contributed by atoms with Crippen LogP contribution in [0.4, 0.5) is 0 Å². The lowest BCUT2D eigenvalue weighted by Gasteiger charge is -2.31. The maximum Gasteiger partial charge on any atom is 0.253 e. The van der Waals surface area contributed by atoms with Crippen molar-refractivity contribution in [3.8, 4) is 0 Å². The van der Waals surface area contributed by atoms with E-state index in [1.165, 1.54) is 12.4 Å². The summed E-state index contributed by atoms with van der Waals surface area (Å²) in [7, 11) is 1.72. The second kappa shape index (κ2) is 8.66. The summed E-state index contributed by atoms with van der Waals surface area (Å²) in [6.07, 6.45) is 4.82. The van der Waals surface area contributed by atoms with E-state index in [0.29, 0.717) is 31.9 Å². The molecule has 8 nitrogen and oxygen atoms in total. The second-order valence-corrected chi connectivity index (χ2v) is 6.62. The quantitative estimate of drug-likeness (QED) is 0.779. The molecular formula is C17H26N4O4. The molecule has 0 unspecified atom stereocenters. The van der Waals surface area contributed by atoms with Gasteiger partial charge >= 0.3 is 0 Å². The Morgan fingerprint density at radius 3 is 3.24 bits per heavy atom. The van der Waals surface area contributed by atoms with Gasteiger partial charge in [0.1, 0.15) is 5.60 Å². The highest BCUT2D eigenvalue weighted by atomic mass is 16.6. The number of carbonyl (C=O) groups is 1. The molecule has 3 heterocycles. The van der Waals surface area contributed by atoms with E-state index in [1.54, 1.807) is 13.2 Å². The summed E-state index contributed by atoms with van der Waals surface area (Å²) in [5.41, 5.74) is 0.226. The van der Waals surface area contributed by atoms with Gasteiger partial charge in [-0.05, 0) is 18.9 Å². The van der Waals surface area contributed by atoms with Crippen molar-refractivity contribution in [2.75, 3.05) is 53.1 Å². The third-order valence-corrected chi connectivity index (χ3v) is 4.72. The van der Waals surface area contributed by atoms with E-state index in [1.807, 2.05) is 0 Å². The van der Waals surface area contributed by atoms with Gasteiger partial charge in [0.2, 0.25) is 0 Å². The highest BCUT2D eigenvalue weighted by molar-refractivity contribution is 5.93. The van der Waals surface area contributed by atoms with E-state index in [-0.39, 0.29) is 17.6 Å². The fourth-order valence-electron chi connectivity index (χ4n) is 3.39. The smallest absolute Gasteiger partial charge is 0.253 e. The first kappa shape index (κ1) is 18.2. The van der Waals surface area contributed by atoms with Crippen LogP contribution in [0.1, 0.15) is 23.2 Å². The lowest BCUT2D eigenvalue weighted by molar-refractivity contribution is -0.0851. The second-order valence-electron chi connectivity index (χ2n) is 6.62. The molecule has 1 N–H and O–H groups in total. The van der Waals surface area contributed by atoms with Gasteiger partial charge in [-0.1, -0.05) is 0 Å². The Balaban J connectivity index is 1.50. The van der Waals surface area contributed by atoms with Gasteiger partial charge in [-0.15, -0.1) is 0 Å². The molecule has 1 aromatic heterocycles. The Labute approximate surface area is 147 Å². The average molecular weight is 350 g/mol. The van der Waals surface area contributed by atoms with Crippen LogP contribution in [-0.2, 0) is 14.2 Å². The van der Waals surface area contributed by atoms with E-state index in [4.69, 9.17) is 14.2 Å². The number of aromatic nitrogens is 2. The molecule has 0 radical (unpaired) electrons. The Bertz CT molecular complexity index is 559. The summed E-state index contributed by atoms with van der Waals surface area (Å²) in [4.78, 5) is 14.4. The number of ether oxygens (including phenoxy) is 3. The van der Waals surface area contributed by atoms with Crippen molar-refractivity contribution in [3.63, 3.8) is 0 Å². The lowest BCUT2D eigenvalue weighted by Crippen LogP contribution is -2.46. The first-order chi connectivity index (χ1) is 12.2. The maximum absolute atomic E-state index is 12.1. The zero-order chi connectivity index (χ0) is 17.5. The van der Waals surface area contributed by atoms with Crippen LogP contribution in [0.25, 0.3) is 0 Å². The number of nitrogens with zero attached hydrogens (tertiary/aromatic N) is 3. The molecule has 0 bridgehead atoms. The first-order valence-corrected chi connectivity index (χ1v) is 8.72. The zero-order valence-electron chi connectivity index (χ0n) is 14.6. The van der Waals surface area contributed by atoms with Crippen LogP contribution >= 0.6 is 0 Å². The minimum absolute atomic E-state index is 0.00437. The van der Waals surface area contributed by atoms with Gasteiger partial charge in [0.05, 0.1) is 43.9 Å². The standard InChI is InChI=1S/C17H26N4O4/c1-23-8-6-21-7-9-24-13-17(12-21)4-2-15(25-17)11-18-16(22)14-3-5-19-20-10-14/h3,5,10,15H,2,4,6-9,11-13H2,1H3,(H,18,22)/t15-,17+/m1/s1. The molecule has 3 rings (SSSR count). The van der Waals surface area contributed by atoms with Crippen LogP contribution < -0.4 is 5.32 Å². The molecule has 2 saturated heterocycles. The number of hydrogen-bond donors (Lipinski definition) is 1. The van der Waals surface area contributed by atoms with E-state index in [2.05, 4.69) is 20.4 Å². The van der Waals surface area contributed by atoms with Crippen molar-refractivity contribution in [1.29, 1.82) is 0 Å². The van der Waals surface area contributed by atoms with Crippen molar-refractivity contribution < 1.29 is 19.0 Å². The van der Waals surface area contributed by atoms with Crippen LogP contribution in [0.2, 0.25) is 0 Å². The first-order valence-electron chi connectivity index (χ1n) is 8.72. The molecular weight excluding hydrogens is 324 g/mol. The van der Waals surface area contributed by atoms with Gasteiger partial charge in [-0.2, -0.15) is 10.2 Å².